The van der Waals surface area contributed by atoms with Gasteiger partial charge < -0.3 is 11.5 Å². The molecular weight excluding hydrogens is 460 g/mol. The molecule has 0 unspecified atom stereocenters. The fourth-order valence-corrected chi connectivity index (χ4v) is 6.11. The first-order chi connectivity index (χ1) is 16.3. The van der Waals surface area contributed by atoms with Crippen LogP contribution in [-0.4, -0.2) is 11.6 Å². The molecule has 168 valence electrons. The zero-order valence-corrected chi connectivity index (χ0v) is 20.3. The molecule has 4 aromatic carbocycles. The van der Waals surface area contributed by atoms with Gasteiger partial charge in [0.05, 0.1) is 0 Å². The number of hydrogen-bond donors (Lipinski definition) is 2. The highest BCUT2D eigenvalue weighted by atomic mass is 32.2. The van der Waals surface area contributed by atoms with Gasteiger partial charge in [-0.25, -0.2) is 0 Å². The molecule has 1 aliphatic rings. The molecule has 0 amide bonds. The third-order valence-electron chi connectivity index (χ3n) is 5.77. The fourth-order valence-electron chi connectivity index (χ4n) is 4.11. The predicted molar refractivity (Wildman–Crippen MR) is 139 cm³/mol. The molecule has 0 fully saturated rings. The Morgan fingerprint density at radius 1 is 0.559 bits per heavy atom. The molecule has 4 nitrogen and oxygen atoms in total. The number of aryl methyl sites for hydroxylation is 2. The van der Waals surface area contributed by atoms with E-state index < -0.39 is 0 Å². The number of carbonyl (C=O) groups is 2. The Hall–Kier alpha value is -3.48. The SMILES string of the molecule is Cc1ccc(Sc2cccc3c2C(=O)c2c(Sc4ccc(C)cc4N)cccc2C3=O)c(N)c1. The van der Waals surface area contributed by atoms with Crippen LogP contribution in [0.5, 0.6) is 0 Å². The van der Waals surface area contributed by atoms with E-state index >= 15 is 0 Å². The third kappa shape index (κ3) is 3.89. The van der Waals surface area contributed by atoms with Gasteiger partial charge in [-0.15, -0.1) is 0 Å². The van der Waals surface area contributed by atoms with Crippen molar-refractivity contribution in [3.05, 3.63) is 106 Å². The second-order valence-corrected chi connectivity index (χ2v) is 10.5. The Labute approximate surface area is 206 Å². The first kappa shape index (κ1) is 22.3. The zero-order chi connectivity index (χ0) is 24.0. The molecule has 0 saturated heterocycles. The minimum Gasteiger partial charge on any atom is -0.398 e. The van der Waals surface area contributed by atoms with E-state index in [1.165, 1.54) is 23.5 Å². The van der Waals surface area contributed by atoms with Crippen molar-refractivity contribution in [1.82, 2.24) is 0 Å². The number of benzene rings is 4. The van der Waals surface area contributed by atoms with E-state index in [1.807, 2.05) is 74.5 Å². The number of anilines is 2. The molecule has 0 aromatic heterocycles. The van der Waals surface area contributed by atoms with Crippen molar-refractivity contribution in [3.8, 4) is 0 Å². The number of carbonyl (C=O) groups excluding carboxylic acids is 2. The Morgan fingerprint density at radius 3 is 1.41 bits per heavy atom. The minimum absolute atomic E-state index is 0.150. The van der Waals surface area contributed by atoms with Crippen molar-refractivity contribution in [1.29, 1.82) is 0 Å². The van der Waals surface area contributed by atoms with Crippen LogP contribution in [0, 0.1) is 13.8 Å². The summed E-state index contributed by atoms with van der Waals surface area (Å²) in [6, 6.07) is 22.5. The van der Waals surface area contributed by atoms with Crippen LogP contribution in [0.3, 0.4) is 0 Å². The van der Waals surface area contributed by atoms with Crippen LogP contribution >= 0.6 is 23.5 Å². The molecule has 0 heterocycles. The fraction of sp³-hybridized carbons (Fsp3) is 0.0714. The van der Waals surface area contributed by atoms with Crippen LogP contribution < -0.4 is 11.5 Å². The van der Waals surface area contributed by atoms with E-state index in [0.717, 1.165) is 20.9 Å². The number of nitrogen functional groups attached to an aromatic ring is 2. The summed E-state index contributed by atoms with van der Waals surface area (Å²) in [5.41, 5.74) is 17.6. The van der Waals surface area contributed by atoms with Gasteiger partial charge in [-0.3, -0.25) is 9.59 Å². The molecule has 6 heteroatoms. The maximum Gasteiger partial charge on any atom is 0.196 e. The van der Waals surface area contributed by atoms with Gasteiger partial charge in [-0.1, -0.05) is 59.9 Å². The Morgan fingerprint density at radius 2 is 1.00 bits per heavy atom. The second-order valence-electron chi connectivity index (χ2n) is 8.30. The first-order valence-corrected chi connectivity index (χ1v) is 12.4. The van der Waals surface area contributed by atoms with Crippen LogP contribution in [0.1, 0.15) is 43.0 Å². The van der Waals surface area contributed by atoms with Crippen molar-refractivity contribution < 1.29 is 9.59 Å². The average molecular weight is 483 g/mol. The monoisotopic (exact) mass is 482 g/mol. The lowest BCUT2D eigenvalue weighted by molar-refractivity contribution is 0.0974. The number of ketones is 2. The molecule has 0 aliphatic heterocycles. The van der Waals surface area contributed by atoms with Crippen molar-refractivity contribution in [2.24, 2.45) is 0 Å². The van der Waals surface area contributed by atoms with Crippen LogP contribution in [0.2, 0.25) is 0 Å². The Bertz CT molecular complexity index is 1390. The van der Waals surface area contributed by atoms with Crippen LogP contribution in [0.15, 0.2) is 92.4 Å². The van der Waals surface area contributed by atoms with E-state index in [2.05, 4.69) is 0 Å². The summed E-state index contributed by atoms with van der Waals surface area (Å²) in [4.78, 5) is 30.5. The molecule has 4 aromatic rings. The number of rotatable bonds is 4. The number of nitrogens with two attached hydrogens (primary N) is 2. The van der Waals surface area contributed by atoms with Crippen molar-refractivity contribution in [2.45, 2.75) is 33.4 Å². The quantitative estimate of drug-likeness (QED) is 0.283. The van der Waals surface area contributed by atoms with E-state index in [4.69, 9.17) is 11.5 Å². The maximum atomic E-state index is 13.9. The summed E-state index contributed by atoms with van der Waals surface area (Å²) in [5, 5.41) is 0. The van der Waals surface area contributed by atoms with Crippen molar-refractivity contribution in [3.63, 3.8) is 0 Å². The lowest BCUT2D eigenvalue weighted by Gasteiger charge is -2.22. The van der Waals surface area contributed by atoms with Gasteiger partial charge in [0.2, 0.25) is 0 Å². The lowest BCUT2D eigenvalue weighted by atomic mass is 9.84. The molecule has 34 heavy (non-hydrogen) atoms. The lowest BCUT2D eigenvalue weighted by Crippen LogP contribution is -2.22. The molecule has 5 rings (SSSR count). The normalized spacial score (nSPS) is 12.4. The molecule has 0 radical (unpaired) electrons. The molecule has 0 spiro atoms. The standard InChI is InChI=1S/C28H22N2O2S2/c1-15-9-11-21(19(29)13-15)33-23-7-3-5-17-25(23)28(32)26-18(27(17)31)6-4-8-24(26)34-22-12-10-16(2)14-20(22)30/h3-14H,29-30H2,1-2H3. The van der Waals surface area contributed by atoms with Gasteiger partial charge >= 0.3 is 0 Å². The molecule has 0 bridgehead atoms. The van der Waals surface area contributed by atoms with E-state index in [1.54, 1.807) is 12.1 Å². The summed E-state index contributed by atoms with van der Waals surface area (Å²) in [5.74, 6) is -0.310. The second kappa shape index (κ2) is 8.70. The number of hydrogen-bond acceptors (Lipinski definition) is 6. The minimum atomic E-state index is -0.160. The smallest absolute Gasteiger partial charge is 0.196 e. The first-order valence-electron chi connectivity index (χ1n) is 10.8. The van der Waals surface area contributed by atoms with Gasteiger partial charge in [0.15, 0.2) is 11.6 Å². The zero-order valence-electron chi connectivity index (χ0n) is 18.7. The van der Waals surface area contributed by atoms with E-state index in [0.29, 0.717) is 43.4 Å². The molecule has 4 N–H and O–H groups in total. The predicted octanol–water partition coefficient (Wildman–Crippen LogP) is 6.55. The third-order valence-corrected chi connectivity index (χ3v) is 8.07. The summed E-state index contributed by atoms with van der Waals surface area (Å²) in [7, 11) is 0. The Kier molecular flexibility index (Phi) is 5.71. The largest absolute Gasteiger partial charge is 0.398 e. The molecular formula is C28H22N2O2S2. The molecule has 0 atom stereocenters. The molecule has 1 aliphatic carbocycles. The van der Waals surface area contributed by atoms with E-state index in [-0.39, 0.29) is 11.6 Å². The summed E-state index contributed by atoms with van der Waals surface area (Å²) in [6.07, 6.45) is 0. The van der Waals surface area contributed by atoms with Crippen LogP contribution in [0.25, 0.3) is 0 Å². The Balaban J connectivity index is 1.61. The molecule has 0 saturated carbocycles. The summed E-state index contributed by atoms with van der Waals surface area (Å²) in [6.45, 7) is 3.96. The van der Waals surface area contributed by atoms with Crippen molar-refractivity contribution in [2.75, 3.05) is 11.5 Å². The van der Waals surface area contributed by atoms with Gasteiger partial charge in [-0.05, 0) is 61.4 Å². The average Bonchev–Trinajstić information content (AvgIpc) is 2.81. The highest BCUT2D eigenvalue weighted by molar-refractivity contribution is 8.00. The highest BCUT2D eigenvalue weighted by Crippen LogP contribution is 2.43. The number of fused-ring (bicyclic) bond motifs is 2. The highest BCUT2D eigenvalue weighted by Gasteiger charge is 2.34. The topological polar surface area (TPSA) is 86.2 Å². The van der Waals surface area contributed by atoms with Crippen LogP contribution in [-0.2, 0) is 0 Å². The van der Waals surface area contributed by atoms with E-state index in [9.17, 15) is 9.59 Å². The summed E-state index contributed by atoms with van der Waals surface area (Å²) < 4.78 is 0. The van der Waals surface area contributed by atoms with Gasteiger partial charge in [0.25, 0.3) is 0 Å². The maximum absolute atomic E-state index is 13.9. The van der Waals surface area contributed by atoms with Crippen LogP contribution in [0.4, 0.5) is 11.4 Å². The van der Waals surface area contributed by atoms with Gasteiger partial charge in [0, 0.05) is 53.2 Å². The van der Waals surface area contributed by atoms with Crippen molar-refractivity contribution >= 4 is 46.5 Å². The van der Waals surface area contributed by atoms with Gasteiger partial charge in [-0.2, -0.15) is 0 Å². The van der Waals surface area contributed by atoms with Gasteiger partial charge in [0.1, 0.15) is 0 Å². The summed E-state index contributed by atoms with van der Waals surface area (Å²) >= 11 is 2.81.